The number of carbonyl (C=O) groups is 2. The van der Waals surface area contributed by atoms with Gasteiger partial charge in [-0.25, -0.2) is 4.79 Å². The highest BCUT2D eigenvalue weighted by Crippen LogP contribution is 2.41. The monoisotopic (exact) mass is 370 g/mol. The fraction of sp³-hybridized carbons (Fsp3) is 0.846. The van der Waals surface area contributed by atoms with E-state index in [2.05, 4.69) is 15.9 Å². The van der Waals surface area contributed by atoms with Gasteiger partial charge in [-0.05, 0) is 25.2 Å². The van der Waals surface area contributed by atoms with E-state index in [4.69, 9.17) is 0 Å². The highest BCUT2D eigenvalue weighted by molar-refractivity contribution is 9.09. The van der Waals surface area contributed by atoms with E-state index in [-0.39, 0.29) is 12.0 Å². The number of nitrogens with one attached hydrogen (secondary N) is 1. The molecule has 2 fully saturated rings. The minimum Gasteiger partial charge on any atom is -0.316 e. The molecule has 1 heterocycles. The Bertz CT molecular complexity index is 449. The molecule has 4 nitrogen and oxygen atoms in total. The number of halogens is 4. The largest absolute Gasteiger partial charge is 0.420 e. The molecule has 8 heteroatoms. The van der Waals surface area contributed by atoms with Gasteiger partial charge in [-0.15, -0.1) is 0 Å². The maximum absolute atomic E-state index is 13.0. The Labute approximate surface area is 129 Å². The molecule has 0 aromatic heterocycles. The normalized spacial score (nSPS) is 29.7. The number of amides is 3. The lowest BCUT2D eigenvalue weighted by Crippen LogP contribution is -2.56. The summed E-state index contributed by atoms with van der Waals surface area (Å²) in [7, 11) is 0. The molecule has 1 saturated carbocycles. The molecule has 0 radical (unpaired) electrons. The lowest BCUT2D eigenvalue weighted by atomic mass is 9.75. The summed E-state index contributed by atoms with van der Waals surface area (Å²) in [4.78, 5) is 24.7. The number of imide groups is 1. The van der Waals surface area contributed by atoms with Crippen molar-refractivity contribution < 1.29 is 22.8 Å². The highest BCUT2D eigenvalue weighted by Gasteiger charge is 2.64. The van der Waals surface area contributed by atoms with E-state index in [0.29, 0.717) is 5.33 Å². The standard InChI is InChI=1S/C13H18BrF3N2O2/c1-11(13(15,16)17)9(20)19(10(21)18-11)8-12(7-14)5-3-2-4-6-12/h2-8H2,1H3,(H,18,21). The summed E-state index contributed by atoms with van der Waals surface area (Å²) < 4.78 is 39.1. The van der Waals surface area contributed by atoms with Crippen molar-refractivity contribution in [3.63, 3.8) is 0 Å². The summed E-state index contributed by atoms with van der Waals surface area (Å²) in [6, 6.07) is -0.953. The number of hydrogen-bond donors (Lipinski definition) is 1. The van der Waals surface area contributed by atoms with E-state index < -0.39 is 23.7 Å². The molecular formula is C13H18BrF3N2O2. The van der Waals surface area contributed by atoms with Gasteiger partial charge in [0.1, 0.15) is 0 Å². The van der Waals surface area contributed by atoms with Gasteiger partial charge in [0.25, 0.3) is 5.91 Å². The Balaban J connectivity index is 2.21. The third-order valence-electron chi connectivity index (χ3n) is 4.53. The van der Waals surface area contributed by atoms with Gasteiger partial charge in [-0.3, -0.25) is 9.69 Å². The van der Waals surface area contributed by atoms with E-state index in [9.17, 15) is 22.8 Å². The Morgan fingerprint density at radius 3 is 2.24 bits per heavy atom. The molecule has 2 aliphatic rings. The van der Waals surface area contributed by atoms with Crippen LogP contribution in [0.2, 0.25) is 0 Å². The zero-order valence-electron chi connectivity index (χ0n) is 11.7. The van der Waals surface area contributed by atoms with Crippen LogP contribution in [0.1, 0.15) is 39.0 Å². The van der Waals surface area contributed by atoms with Crippen LogP contribution in [0.25, 0.3) is 0 Å². The van der Waals surface area contributed by atoms with Crippen LogP contribution in [0.15, 0.2) is 0 Å². The van der Waals surface area contributed by atoms with Crippen molar-refractivity contribution in [2.75, 3.05) is 11.9 Å². The van der Waals surface area contributed by atoms with Crippen molar-refractivity contribution in [1.82, 2.24) is 10.2 Å². The first-order valence-electron chi connectivity index (χ1n) is 6.92. The van der Waals surface area contributed by atoms with Gasteiger partial charge in [-0.1, -0.05) is 35.2 Å². The first-order valence-corrected chi connectivity index (χ1v) is 8.04. The molecule has 120 valence electrons. The van der Waals surface area contributed by atoms with Crippen molar-refractivity contribution in [3.8, 4) is 0 Å². The maximum Gasteiger partial charge on any atom is 0.420 e. The lowest BCUT2D eigenvalue weighted by molar-refractivity contribution is -0.191. The second kappa shape index (κ2) is 5.44. The van der Waals surface area contributed by atoms with Crippen LogP contribution >= 0.6 is 15.9 Å². The average molecular weight is 371 g/mol. The van der Waals surface area contributed by atoms with Crippen LogP contribution in [-0.4, -0.2) is 40.4 Å². The molecule has 0 aromatic carbocycles. The molecule has 2 rings (SSSR count). The predicted octanol–water partition coefficient (Wildman–Crippen LogP) is 3.20. The van der Waals surface area contributed by atoms with Crippen LogP contribution < -0.4 is 5.32 Å². The summed E-state index contributed by atoms with van der Waals surface area (Å²) in [6.45, 7) is 0.753. The minimum absolute atomic E-state index is 0.0363. The summed E-state index contributed by atoms with van der Waals surface area (Å²) in [5.41, 5.74) is -3.13. The van der Waals surface area contributed by atoms with E-state index in [1.54, 1.807) is 5.32 Å². The SMILES string of the molecule is CC1(C(F)(F)F)NC(=O)N(CC2(CBr)CCCCC2)C1=O. The molecule has 1 aliphatic heterocycles. The van der Waals surface area contributed by atoms with Crippen molar-refractivity contribution in [2.24, 2.45) is 5.41 Å². The Kier molecular flexibility index (Phi) is 4.30. The molecule has 1 saturated heterocycles. The van der Waals surface area contributed by atoms with Gasteiger partial charge < -0.3 is 5.32 Å². The first-order chi connectivity index (χ1) is 9.65. The topological polar surface area (TPSA) is 49.4 Å². The van der Waals surface area contributed by atoms with Gasteiger partial charge in [-0.2, -0.15) is 13.2 Å². The van der Waals surface area contributed by atoms with E-state index >= 15 is 0 Å². The first kappa shape index (κ1) is 16.6. The molecule has 0 spiro atoms. The summed E-state index contributed by atoms with van der Waals surface area (Å²) >= 11 is 3.39. The molecule has 3 amide bonds. The maximum atomic E-state index is 13.0. The number of alkyl halides is 4. The molecule has 0 bridgehead atoms. The smallest absolute Gasteiger partial charge is 0.316 e. The van der Waals surface area contributed by atoms with E-state index in [1.165, 1.54) is 0 Å². The second-order valence-corrected chi connectivity index (χ2v) is 6.70. The number of hydrogen-bond acceptors (Lipinski definition) is 2. The van der Waals surface area contributed by atoms with Crippen LogP contribution in [0.3, 0.4) is 0 Å². The summed E-state index contributed by atoms with van der Waals surface area (Å²) in [5, 5.41) is 2.37. The lowest BCUT2D eigenvalue weighted by Gasteiger charge is -2.38. The summed E-state index contributed by atoms with van der Waals surface area (Å²) in [5.74, 6) is -1.20. The third kappa shape index (κ3) is 2.78. The molecule has 1 aliphatic carbocycles. The van der Waals surface area contributed by atoms with Crippen molar-refractivity contribution in [2.45, 2.75) is 50.7 Å². The van der Waals surface area contributed by atoms with Gasteiger partial charge in [0, 0.05) is 11.9 Å². The molecule has 1 N–H and O–H groups in total. The second-order valence-electron chi connectivity index (χ2n) is 6.14. The van der Waals surface area contributed by atoms with E-state index in [1.807, 2.05) is 0 Å². The molecular weight excluding hydrogens is 353 g/mol. The highest BCUT2D eigenvalue weighted by atomic mass is 79.9. The number of nitrogens with zero attached hydrogens (tertiary/aromatic N) is 1. The number of rotatable bonds is 3. The van der Waals surface area contributed by atoms with Crippen molar-refractivity contribution >= 4 is 27.9 Å². The van der Waals surface area contributed by atoms with Crippen LogP contribution in [0.5, 0.6) is 0 Å². The van der Waals surface area contributed by atoms with Crippen LogP contribution in [-0.2, 0) is 4.79 Å². The predicted molar refractivity (Wildman–Crippen MR) is 74.0 cm³/mol. The van der Waals surface area contributed by atoms with E-state index in [0.717, 1.165) is 43.9 Å². The third-order valence-corrected chi connectivity index (χ3v) is 5.72. The molecule has 21 heavy (non-hydrogen) atoms. The van der Waals surface area contributed by atoms with Crippen molar-refractivity contribution in [1.29, 1.82) is 0 Å². The number of carbonyl (C=O) groups excluding carboxylic acids is 2. The molecule has 1 unspecified atom stereocenters. The van der Waals surface area contributed by atoms with Gasteiger partial charge in [0.2, 0.25) is 5.54 Å². The average Bonchev–Trinajstić information content (AvgIpc) is 2.64. The van der Waals surface area contributed by atoms with Gasteiger partial charge >= 0.3 is 12.2 Å². The molecule has 1 atom stereocenters. The zero-order valence-corrected chi connectivity index (χ0v) is 13.3. The summed E-state index contributed by atoms with van der Waals surface area (Å²) in [6.07, 6.45) is -0.189. The van der Waals surface area contributed by atoms with Crippen molar-refractivity contribution in [3.05, 3.63) is 0 Å². The zero-order chi connectivity index (χ0) is 15.9. The minimum atomic E-state index is -4.80. The molecule has 0 aromatic rings. The van der Waals surface area contributed by atoms with Crippen LogP contribution in [0, 0.1) is 5.41 Å². The van der Waals surface area contributed by atoms with Gasteiger partial charge in [0.15, 0.2) is 0 Å². The number of urea groups is 1. The van der Waals surface area contributed by atoms with Crippen LogP contribution in [0.4, 0.5) is 18.0 Å². The quantitative estimate of drug-likeness (QED) is 0.612. The Morgan fingerprint density at radius 2 is 1.81 bits per heavy atom. The fourth-order valence-corrected chi connectivity index (χ4v) is 3.74. The van der Waals surface area contributed by atoms with Gasteiger partial charge in [0.05, 0.1) is 0 Å². The Morgan fingerprint density at radius 1 is 1.24 bits per heavy atom. The fourth-order valence-electron chi connectivity index (χ4n) is 3.00. The Hall–Kier alpha value is -0.790.